The molecular formula is C35H40N4O6. The number of piperazine rings is 1. The molecule has 0 saturated carbocycles. The van der Waals surface area contributed by atoms with Gasteiger partial charge in [-0.15, -0.1) is 0 Å². The molecule has 0 spiro atoms. The van der Waals surface area contributed by atoms with E-state index in [-0.39, 0.29) is 44.5 Å². The molecule has 0 radical (unpaired) electrons. The quantitative estimate of drug-likeness (QED) is 0.269. The zero-order valence-electron chi connectivity index (χ0n) is 25.7. The number of amides is 3. The minimum Gasteiger partial charge on any atom is -0.497 e. The molecular weight excluding hydrogens is 572 g/mol. The first kappa shape index (κ1) is 31.9. The maximum absolute atomic E-state index is 14.1. The molecule has 2 atom stereocenters. The van der Waals surface area contributed by atoms with Crippen molar-refractivity contribution < 1.29 is 29.3 Å². The fourth-order valence-corrected chi connectivity index (χ4v) is 5.95. The predicted molar refractivity (Wildman–Crippen MR) is 172 cm³/mol. The van der Waals surface area contributed by atoms with Crippen molar-refractivity contribution in [2.75, 3.05) is 49.7 Å². The first-order valence-electron chi connectivity index (χ1n) is 15.2. The topological polar surface area (TPSA) is 123 Å². The van der Waals surface area contributed by atoms with Crippen LogP contribution in [0.25, 0.3) is 0 Å². The van der Waals surface area contributed by atoms with E-state index >= 15 is 0 Å². The molecule has 0 aromatic heterocycles. The number of rotatable bonds is 12. The third-order valence-corrected chi connectivity index (χ3v) is 8.44. The summed E-state index contributed by atoms with van der Waals surface area (Å²) < 4.78 is 5.43. The van der Waals surface area contributed by atoms with E-state index in [1.165, 1.54) is 7.11 Å². The Labute approximate surface area is 263 Å². The smallest absolute Gasteiger partial charge is 0.264 e. The van der Waals surface area contributed by atoms with E-state index in [0.29, 0.717) is 36.6 Å². The highest BCUT2D eigenvalue weighted by molar-refractivity contribution is 6.07. The molecule has 3 aromatic rings. The van der Waals surface area contributed by atoms with E-state index < -0.39 is 17.4 Å². The minimum atomic E-state index is -1.90. The molecule has 0 bridgehead atoms. The Bertz CT molecular complexity index is 1560. The number of anilines is 2. The predicted octanol–water partition coefficient (Wildman–Crippen LogP) is 2.97. The summed E-state index contributed by atoms with van der Waals surface area (Å²) in [6.45, 7) is 3.90. The molecule has 45 heavy (non-hydrogen) atoms. The van der Waals surface area contributed by atoms with Gasteiger partial charge in [-0.2, -0.15) is 0 Å². The molecule has 0 aliphatic carbocycles. The van der Waals surface area contributed by atoms with Gasteiger partial charge in [0.05, 0.1) is 32.5 Å². The van der Waals surface area contributed by atoms with E-state index in [1.54, 1.807) is 52.0 Å². The number of benzene rings is 3. The summed E-state index contributed by atoms with van der Waals surface area (Å²) in [4.78, 5) is 44.5. The van der Waals surface area contributed by atoms with Crippen molar-refractivity contribution in [3.05, 3.63) is 102 Å². The van der Waals surface area contributed by atoms with Crippen LogP contribution in [0.5, 0.6) is 5.75 Å². The Morgan fingerprint density at radius 1 is 1.09 bits per heavy atom. The molecule has 10 nitrogen and oxygen atoms in total. The normalized spacial score (nSPS) is 18.8. The second-order valence-electron chi connectivity index (χ2n) is 11.4. The van der Waals surface area contributed by atoms with Gasteiger partial charge < -0.3 is 35.0 Å². The van der Waals surface area contributed by atoms with Gasteiger partial charge in [0.2, 0.25) is 11.8 Å². The molecule has 2 aliphatic heterocycles. The van der Waals surface area contributed by atoms with Crippen LogP contribution in [-0.4, -0.2) is 72.7 Å². The molecule has 3 amide bonds. The molecule has 3 N–H and O–H groups in total. The van der Waals surface area contributed by atoms with Crippen molar-refractivity contribution in [2.24, 2.45) is 5.92 Å². The largest absolute Gasteiger partial charge is 0.497 e. The number of hydrogen-bond acceptors (Lipinski definition) is 7. The fraction of sp³-hybridized carbons (Fsp3) is 0.343. The Hall–Kier alpha value is -4.51. The molecule has 10 heteroatoms. The van der Waals surface area contributed by atoms with E-state index in [1.807, 2.05) is 54.6 Å². The molecule has 236 valence electrons. The maximum Gasteiger partial charge on any atom is 0.264 e. The van der Waals surface area contributed by atoms with Crippen molar-refractivity contribution in [1.29, 1.82) is 0 Å². The van der Waals surface area contributed by atoms with Gasteiger partial charge in [0.15, 0.2) is 5.60 Å². The Morgan fingerprint density at radius 2 is 1.87 bits per heavy atom. The summed E-state index contributed by atoms with van der Waals surface area (Å²) in [5.41, 5.74) is 1.63. The highest BCUT2D eigenvalue weighted by atomic mass is 16.5. The second kappa shape index (κ2) is 14.1. The zero-order valence-corrected chi connectivity index (χ0v) is 25.7. The van der Waals surface area contributed by atoms with Gasteiger partial charge in [0.1, 0.15) is 5.75 Å². The average Bonchev–Trinajstić information content (AvgIpc) is 3.27. The summed E-state index contributed by atoms with van der Waals surface area (Å²) in [5.74, 6) is -0.843. The molecule has 1 fully saturated rings. The number of nitrogens with one attached hydrogen (secondary N) is 1. The highest BCUT2D eigenvalue weighted by Gasteiger charge is 2.52. The Balaban J connectivity index is 1.36. The first-order chi connectivity index (χ1) is 21.8. The van der Waals surface area contributed by atoms with Crippen LogP contribution in [0.4, 0.5) is 11.4 Å². The van der Waals surface area contributed by atoms with Crippen molar-refractivity contribution >= 4 is 29.1 Å². The number of methoxy groups -OCH3 is 1. The van der Waals surface area contributed by atoms with E-state index in [2.05, 4.69) is 5.32 Å². The molecule has 5 rings (SSSR count). The third-order valence-electron chi connectivity index (χ3n) is 8.44. The van der Waals surface area contributed by atoms with Gasteiger partial charge in [0.25, 0.3) is 5.91 Å². The zero-order chi connectivity index (χ0) is 32.0. The van der Waals surface area contributed by atoms with Crippen molar-refractivity contribution in [3.63, 3.8) is 0 Å². The molecule has 2 aliphatic rings. The number of aliphatic hydroxyl groups is 2. The lowest BCUT2D eigenvalue weighted by Crippen LogP contribution is -2.48. The lowest BCUT2D eigenvalue weighted by molar-refractivity contribution is -0.139. The number of aliphatic hydroxyl groups excluding tert-OH is 1. The van der Waals surface area contributed by atoms with Crippen LogP contribution in [-0.2, 0) is 33.1 Å². The van der Waals surface area contributed by atoms with Crippen LogP contribution in [0.2, 0.25) is 0 Å². The Kier molecular flexibility index (Phi) is 9.97. The van der Waals surface area contributed by atoms with E-state index in [9.17, 15) is 24.6 Å². The number of carbonyl (C=O) groups is 3. The Morgan fingerprint density at radius 3 is 2.60 bits per heavy atom. The van der Waals surface area contributed by atoms with Gasteiger partial charge in [-0.1, -0.05) is 61.5 Å². The average molecular weight is 613 g/mol. The van der Waals surface area contributed by atoms with Crippen LogP contribution >= 0.6 is 0 Å². The summed E-state index contributed by atoms with van der Waals surface area (Å²) in [6.07, 6.45) is 3.41. The summed E-state index contributed by atoms with van der Waals surface area (Å²) in [6, 6.07) is 22.3. The SMILES string of the molecule is COc1ccc2c(c1)[C@@](O)([C@H](C)/C=C/CC(=O)N(CCO)Cc1ccccc1)C(=O)N2Cc1cccc(N2CCNCC2=O)c1. The monoisotopic (exact) mass is 612 g/mol. The molecule has 0 unspecified atom stereocenters. The summed E-state index contributed by atoms with van der Waals surface area (Å²) in [5, 5.41) is 24.7. The van der Waals surface area contributed by atoms with Crippen molar-refractivity contribution in [2.45, 2.75) is 32.0 Å². The summed E-state index contributed by atoms with van der Waals surface area (Å²) >= 11 is 0. The van der Waals surface area contributed by atoms with Gasteiger partial charge in [0, 0.05) is 49.8 Å². The van der Waals surface area contributed by atoms with Gasteiger partial charge >= 0.3 is 0 Å². The first-order valence-corrected chi connectivity index (χ1v) is 15.2. The van der Waals surface area contributed by atoms with Crippen LogP contribution in [0.15, 0.2) is 84.9 Å². The number of nitrogens with zero attached hydrogens (tertiary/aromatic N) is 3. The van der Waals surface area contributed by atoms with Crippen molar-refractivity contribution in [1.82, 2.24) is 10.2 Å². The highest BCUT2D eigenvalue weighted by Crippen LogP contribution is 2.47. The van der Waals surface area contributed by atoms with Gasteiger partial charge in [-0.25, -0.2) is 0 Å². The van der Waals surface area contributed by atoms with Crippen molar-refractivity contribution in [3.8, 4) is 5.75 Å². The number of hydrogen-bond donors (Lipinski definition) is 3. The van der Waals surface area contributed by atoms with Crippen LogP contribution in [0.3, 0.4) is 0 Å². The third kappa shape index (κ3) is 6.78. The molecule has 1 saturated heterocycles. The number of carbonyl (C=O) groups excluding carboxylic acids is 3. The van der Waals surface area contributed by atoms with E-state index in [0.717, 1.165) is 16.8 Å². The number of ether oxygens (including phenoxy) is 1. The molecule has 3 aromatic carbocycles. The second-order valence-corrected chi connectivity index (χ2v) is 11.4. The summed E-state index contributed by atoms with van der Waals surface area (Å²) in [7, 11) is 1.53. The lowest BCUT2D eigenvalue weighted by Gasteiger charge is -2.29. The van der Waals surface area contributed by atoms with Gasteiger partial charge in [-0.3, -0.25) is 14.4 Å². The van der Waals surface area contributed by atoms with Gasteiger partial charge in [-0.05, 0) is 41.5 Å². The maximum atomic E-state index is 14.1. The molecule has 2 heterocycles. The fourth-order valence-electron chi connectivity index (χ4n) is 5.95. The number of fused-ring (bicyclic) bond motifs is 1. The lowest BCUT2D eigenvalue weighted by atomic mass is 9.83. The minimum absolute atomic E-state index is 0.0129. The van der Waals surface area contributed by atoms with Crippen LogP contribution in [0, 0.1) is 5.92 Å². The van der Waals surface area contributed by atoms with E-state index in [4.69, 9.17) is 4.74 Å². The standard InChI is InChI=1S/C35H40N4O6/c1-25(8-6-13-32(41)37(18-19-40)23-26-9-4-3-5-10-26)35(44)30-21-29(45-2)14-15-31(30)39(34(35)43)24-27-11-7-12-28(20-27)38-17-16-36-22-33(38)42/h3-12,14-15,20-21,25,36,40,44H,13,16-19,22-24H2,1-2H3/b8-6+/t25-,35+/m1/s1. The van der Waals surface area contributed by atoms with Crippen LogP contribution in [0.1, 0.15) is 30.0 Å². The van der Waals surface area contributed by atoms with Crippen LogP contribution < -0.4 is 19.9 Å².